The molecule has 3 nitrogen and oxygen atoms in total. The minimum absolute atomic E-state index is 0.663. The average Bonchev–Trinajstić information content (AvgIpc) is 2.72. The van der Waals surface area contributed by atoms with Crippen LogP contribution in [0.25, 0.3) is 11.3 Å². The van der Waals surface area contributed by atoms with Crippen LogP contribution in [0.5, 0.6) is 5.75 Å². The summed E-state index contributed by atoms with van der Waals surface area (Å²) in [4.78, 5) is 4.39. The van der Waals surface area contributed by atoms with Crippen LogP contribution in [0.1, 0.15) is 18.6 Å². The number of halogens is 1. The Kier molecular flexibility index (Phi) is 3.84. The molecule has 0 radical (unpaired) electrons. The maximum absolute atomic E-state index is 5.51. The Morgan fingerprint density at radius 2 is 2.00 bits per heavy atom. The second-order valence-corrected chi connectivity index (χ2v) is 4.16. The number of aryl methyl sites for hydroxylation is 1. The largest absolute Gasteiger partial charge is 0.494 e. The predicted molar refractivity (Wildman–Crippen MR) is 70.5 cm³/mol. The molecular weight excluding hydrogens is 282 g/mol. The first-order valence-electron chi connectivity index (χ1n) is 5.50. The van der Waals surface area contributed by atoms with Crippen LogP contribution in [0.15, 0.2) is 28.7 Å². The van der Waals surface area contributed by atoms with Gasteiger partial charge in [-0.3, -0.25) is 0 Å². The highest BCUT2D eigenvalue weighted by Crippen LogP contribution is 2.27. The zero-order valence-corrected chi connectivity index (χ0v) is 11.5. The van der Waals surface area contributed by atoms with Gasteiger partial charge in [-0.2, -0.15) is 0 Å². The maximum atomic E-state index is 5.51. The first-order chi connectivity index (χ1) is 8.24. The van der Waals surface area contributed by atoms with Crippen molar-refractivity contribution in [1.82, 2.24) is 4.98 Å². The van der Waals surface area contributed by atoms with Crippen LogP contribution in [0.3, 0.4) is 0 Å². The quantitative estimate of drug-likeness (QED) is 0.801. The maximum Gasteiger partial charge on any atom is 0.191 e. The first kappa shape index (κ1) is 12.2. The van der Waals surface area contributed by atoms with Gasteiger partial charge >= 0.3 is 0 Å². The van der Waals surface area contributed by atoms with Crippen molar-refractivity contribution < 1.29 is 9.15 Å². The number of aromatic nitrogens is 1. The molecule has 90 valence electrons. The van der Waals surface area contributed by atoms with Gasteiger partial charge in [0.05, 0.1) is 11.9 Å². The van der Waals surface area contributed by atoms with Gasteiger partial charge in [0.25, 0.3) is 0 Å². The van der Waals surface area contributed by atoms with E-state index in [1.54, 1.807) is 0 Å². The molecule has 4 heteroatoms. The zero-order valence-electron chi connectivity index (χ0n) is 9.87. The fourth-order valence-electron chi connectivity index (χ4n) is 1.66. The Labute approximate surface area is 109 Å². The summed E-state index contributed by atoms with van der Waals surface area (Å²) in [7, 11) is 0. The fourth-order valence-corrected chi connectivity index (χ4v) is 2.04. The number of oxazole rings is 1. The summed E-state index contributed by atoms with van der Waals surface area (Å²) in [6.07, 6.45) is 0. The van der Waals surface area contributed by atoms with Gasteiger partial charge in [0, 0.05) is 12.5 Å². The van der Waals surface area contributed by atoms with Gasteiger partial charge in [-0.15, -0.1) is 0 Å². The smallest absolute Gasteiger partial charge is 0.191 e. The lowest BCUT2D eigenvalue weighted by Gasteiger charge is -2.03. The number of hydrogen-bond acceptors (Lipinski definition) is 3. The highest BCUT2D eigenvalue weighted by molar-refractivity contribution is 9.08. The molecule has 0 unspecified atom stereocenters. The van der Waals surface area contributed by atoms with Crippen molar-refractivity contribution in [2.45, 2.75) is 19.2 Å². The summed E-state index contributed by atoms with van der Waals surface area (Å²) in [5, 5.41) is 0.663. The highest BCUT2D eigenvalue weighted by Gasteiger charge is 2.11. The van der Waals surface area contributed by atoms with Gasteiger partial charge in [-0.1, -0.05) is 15.9 Å². The Morgan fingerprint density at radius 3 is 2.59 bits per heavy atom. The monoisotopic (exact) mass is 295 g/mol. The van der Waals surface area contributed by atoms with Crippen molar-refractivity contribution >= 4 is 15.9 Å². The second-order valence-electron chi connectivity index (χ2n) is 3.60. The molecule has 0 aliphatic carbocycles. The lowest BCUT2D eigenvalue weighted by molar-refractivity contribution is 0.340. The van der Waals surface area contributed by atoms with Crippen LogP contribution in [-0.2, 0) is 5.33 Å². The van der Waals surface area contributed by atoms with Crippen LogP contribution >= 0.6 is 15.9 Å². The van der Waals surface area contributed by atoms with Crippen LogP contribution in [0.2, 0.25) is 0 Å². The molecule has 0 atom stereocenters. The lowest BCUT2D eigenvalue weighted by Crippen LogP contribution is -1.91. The van der Waals surface area contributed by atoms with Gasteiger partial charge in [0.1, 0.15) is 17.2 Å². The van der Waals surface area contributed by atoms with Gasteiger partial charge in [-0.05, 0) is 31.2 Å². The summed E-state index contributed by atoms with van der Waals surface area (Å²) in [5.74, 6) is 2.41. The van der Waals surface area contributed by atoms with Gasteiger partial charge < -0.3 is 9.15 Å². The molecule has 2 rings (SSSR count). The molecule has 0 amide bonds. The molecule has 0 aliphatic rings. The van der Waals surface area contributed by atoms with Gasteiger partial charge in [0.15, 0.2) is 5.89 Å². The number of hydrogen-bond donors (Lipinski definition) is 0. The second kappa shape index (κ2) is 5.36. The van der Waals surface area contributed by atoms with Crippen LogP contribution in [0, 0.1) is 6.92 Å². The fraction of sp³-hybridized carbons (Fsp3) is 0.308. The molecule has 17 heavy (non-hydrogen) atoms. The van der Waals surface area contributed by atoms with Gasteiger partial charge in [-0.25, -0.2) is 4.98 Å². The van der Waals surface area contributed by atoms with Crippen molar-refractivity contribution in [2.24, 2.45) is 0 Å². The van der Waals surface area contributed by atoms with Crippen molar-refractivity contribution in [1.29, 1.82) is 0 Å². The molecule has 1 heterocycles. The minimum atomic E-state index is 0.663. The number of nitrogens with zero attached hydrogens (tertiary/aromatic N) is 1. The predicted octanol–water partition coefficient (Wildman–Crippen LogP) is 3.94. The van der Waals surface area contributed by atoms with Crippen LogP contribution < -0.4 is 4.74 Å². The Balaban J connectivity index is 2.32. The summed E-state index contributed by atoms with van der Waals surface area (Å²) in [6.45, 7) is 4.50. The molecule has 1 aromatic heterocycles. The molecule has 2 aromatic rings. The van der Waals surface area contributed by atoms with E-state index in [1.165, 1.54) is 0 Å². The molecule has 0 fully saturated rings. The highest BCUT2D eigenvalue weighted by atomic mass is 79.9. The lowest BCUT2D eigenvalue weighted by atomic mass is 10.1. The van der Waals surface area contributed by atoms with Crippen molar-refractivity contribution in [3.05, 3.63) is 35.9 Å². The van der Waals surface area contributed by atoms with E-state index in [2.05, 4.69) is 20.9 Å². The number of rotatable bonds is 4. The third kappa shape index (κ3) is 2.69. The Hall–Kier alpha value is -1.29. The molecule has 0 spiro atoms. The van der Waals surface area contributed by atoms with E-state index in [4.69, 9.17) is 9.15 Å². The molecule has 0 bridgehead atoms. The third-order valence-electron chi connectivity index (χ3n) is 2.36. The Morgan fingerprint density at radius 1 is 1.29 bits per heavy atom. The summed E-state index contributed by atoms with van der Waals surface area (Å²) >= 11 is 3.40. The minimum Gasteiger partial charge on any atom is -0.494 e. The summed E-state index contributed by atoms with van der Waals surface area (Å²) < 4.78 is 10.9. The zero-order chi connectivity index (χ0) is 12.3. The Bertz CT molecular complexity index is 491. The molecule has 0 aliphatic heterocycles. The third-order valence-corrected chi connectivity index (χ3v) is 2.87. The van der Waals surface area contributed by atoms with E-state index in [0.29, 0.717) is 17.8 Å². The van der Waals surface area contributed by atoms with Crippen LogP contribution in [0.4, 0.5) is 0 Å². The number of benzene rings is 1. The van der Waals surface area contributed by atoms with Crippen LogP contribution in [-0.4, -0.2) is 11.6 Å². The van der Waals surface area contributed by atoms with E-state index >= 15 is 0 Å². The van der Waals surface area contributed by atoms with Crippen molar-refractivity contribution in [2.75, 3.05) is 6.61 Å². The van der Waals surface area contributed by atoms with E-state index in [1.807, 2.05) is 38.1 Å². The molecule has 0 saturated heterocycles. The molecular formula is C13H14BrNO2. The number of alkyl halides is 1. The van der Waals surface area contributed by atoms with E-state index < -0.39 is 0 Å². The molecule has 1 aromatic carbocycles. The van der Waals surface area contributed by atoms with E-state index in [9.17, 15) is 0 Å². The summed E-state index contributed by atoms with van der Waals surface area (Å²) in [5.41, 5.74) is 1.93. The number of ether oxygens (including phenoxy) is 1. The summed E-state index contributed by atoms with van der Waals surface area (Å²) in [6, 6.07) is 7.88. The van der Waals surface area contributed by atoms with Gasteiger partial charge in [0.2, 0.25) is 0 Å². The van der Waals surface area contributed by atoms with E-state index in [0.717, 1.165) is 22.8 Å². The SMILES string of the molecule is CCOc1ccc(-c2nc(C)oc2CBr)cc1. The average molecular weight is 296 g/mol. The molecule has 0 saturated carbocycles. The van der Waals surface area contributed by atoms with Crippen molar-refractivity contribution in [3.8, 4) is 17.0 Å². The molecule has 0 N–H and O–H groups in total. The van der Waals surface area contributed by atoms with E-state index in [-0.39, 0.29) is 0 Å². The normalized spacial score (nSPS) is 10.5. The standard InChI is InChI=1S/C13H14BrNO2/c1-3-16-11-6-4-10(5-7-11)13-12(8-14)17-9(2)15-13/h4-7H,3,8H2,1-2H3. The van der Waals surface area contributed by atoms with Crippen molar-refractivity contribution in [3.63, 3.8) is 0 Å². The topological polar surface area (TPSA) is 35.3 Å². The first-order valence-corrected chi connectivity index (χ1v) is 6.62.